The molecule has 1 saturated carbocycles. The minimum Gasteiger partial charge on any atom is -0.506 e. The van der Waals surface area contributed by atoms with Crippen LogP contribution in [-0.2, 0) is 10.3 Å². The average molecular weight is 390 g/mol. The minimum atomic E-state index is -0.967. The molecule has 2 atom stereocenters. The van der Waals surface area contributed by atoms with Crippen LogP contribution in [0.25, 0.3) is 0 Å². The van der Waals surface area contributed by atoms with Gasteiger partial charge in [-0.2, -0.15) is 0 Å². The van der Waals surface area contributed by atoms with Crippen LogP contribution in [0.4, 0.5) is 0 Å². The van der Waals surface area contributed by atoms with Crippen LogP contribution in [0.3, 0.4) is 0 Å². The first kappa shape index (κ1) is 17.8. The molecule has 1 N–H and O–H groups in total. The van der Waals surface area contributed by atoms with Gasteiger partial charge >= 0.3 is 0 Å². The standard InChI is InChI=1S/C21H21Cl2NO2/c1-2-21(14-9-6-10-16(22)19(14)23)15-11-24-12-17(25)18(15)20(26-21)13-7-4-3-5-8-13/h2,6,9-13,20,25H,1,3-5,7-8H2. The van der Waals surface area contributed by atoms with Crippen molar-refractivity contribution in [3.63, 3.8) is 0 Å². The summed E-state index contributed by atoms with van der Waals surface area (Å²) in [4.78, 5) is 4.20. The lowest BCUT2D eigenvalue weighted by atomic mass is 9.81. The fourth-order valence-corrected chi connectivity index (χ4v) is 4.85. The molecule has 1 aliphatic heterocycles. The van der Waals surface area contributed by atoms with E-state index in [9.17, 15) is 5.11 Å². The molecular formula is C21H21Cl2NO2. The quantitative estimate of drug-likeness (QED) is 0.637. The van der Waals surface area contributed by atoms with E-state index in [0.29, 0.717) is 16.0 Å². The molecule has 1 aromatic heterocycles. The zero-order chi connectivity index (χ0) is 18.3. The van der Waals surface area contributed by atoms with E-state index >= 15 is 0 Å². The number of halogens is 2. The molecule has 2 heterocycles. The van der Waals surface area contributed by atoms with E-state index in [1.165, 1.54) is 25.5 Å². The van der Waals surface area contributed by atoms with Crippen LogP contribution in [0.1, 0.15) is 54.9 Å². The molecule has 3 nitrogen and oxygen atoms in total. The summed E-state index contributed by atoms with van der Waals surface area (Å²) in [6.45, 7) is 4.03. The van der Waals surface area contributed by atoms with E-state index in [0.717, 1.165) is 29.5 Å². The molecule has 5 heteroatoms. The van der Waals surface area contributed by atoms with E-state index in [1.54, 1.807) is 18.3 Å². The third kappa shape index (κ3) is 2.65. The second-order valence-corrected chi connectivity index (χ2v) is 7.88. The Hall–Kier alpha value is -1.55. The number of rotatable bonds is 3. The predicted octanol–water partition coefficient (Wildman–Crippen LogP) is 6.18. The molecular weight excluding hydrogens is 369 g/mol. The Kier molecular flexibility index (Phi) is 4.72. The Labute approximate surface area is 163 Å². The summed E-state index contributed by atoms with van der Waals surface area (Å²) in [5.74, 6) is 0.524. The van der Waals surface area contributed by atoms with Crippen molar-refractivity contribution in [1.82, 2.24) is 4.98 Å². The van der Waals surface area contributed by atoms with Crippen LogP contribution in [-0.4, -0.2) is 10.1 Å². The van der Waals surface area contributed by atoms with Gasteiger partial charge in [0.25, 0.3) is 0 Å². The lowest BCUT2D eigenvalue weighted by Crippen LogP contribution is -2.27. The minimum absolute atomic E-state index is 0.167. The van der Waals surface area contributed by atoms with Gasteiger partial charge in [0.1, 0.15) is 11.4 Å². The third-order valence-corrected chi connectivity index (χ3v) is 6.50. The number of hydrogen-bond acceptors (Lipinski definition) is 3. The van der Waals surface area contributed by atoms with E-state index < -0.39 is 5.60 Å². The van der Waals surface area contributed by atoms with Gasteiger partial charge in [-0.05, 0) is 24.8 Å². The van der Waals surface area contributed by atoms with Crippen LogP contribution < -0.4 is 0 Å². The molecule has 136 valence electrons. The molecule has 0 saturated heterocycles. The fourth-order valence-electron chi connectivity index (χ4n) is 4.41. The molecule has 2 unspecified atom stereocenters. The molecule has 1 aromatic carbocycles. The monoisotopic (exact) mass is 389 g/mol. The van der Waals surface area contributed by atoms with Crippen molar-refractivity contribution in [1.29, 1.82) is 0 Å². The number of benzene rings is 1. The van der Waals surface area contributed by atoms with Gasteiger partial charge in [0.05, 0.1) is 22.3 Å². The van der Waals surface area contributed by atoms with Gasteiger partial charge in [0, 0.05) is 22.9 Å². The van der Waals surface area contributed by atoms with Crippen molar-refractivity contribution in [2.24, 2.45) is 5.92 Å². The van der Waals surface area contributed by atoms with Gasteiger partial charge in [-0.1, -0.05) is 67.3 Å². The number of fused-ring (bicyclic) bond motifs is 1. The molecule has 0 bridgehead atoms. The zero-order valence-corrected chi connectivity index (χ0v) is 15.9. The lowest BCUT2D eigenvalue weighted by Gasteiger charge is -2.32. The highest BCUT2D eigenvalue weighted by Crippen LogP contribution is 2.56. The summed E-state index contributed by atoms with van der Waals surface area (Å²) in [5.41, 5.74) is 1.37. The number of pyridine rings is 1. The van der Waals surface area contributed by atoms with Gasteiger partial charge in [-0.25, -0.2) is 0 Å². The number of aromatic hydroxyl groups is 1. The van der Waals surface area contributed by atoms with Gasteiger partial charge in [-0.15, -0.1) is 0 Å². The van der Waals surface area contributed by atoms with Gasteiger partial charge < -0.3 is 9.84 Å². The molecule has 0 radical (unpaired) electrons. The van der Waals surface area contributed by atoms with Gasteiger partial charge in [0.15, 0.2) is 0 Å². The number of nitrogens with zero attached hydrogens (tertiary/aromatic N) is 1. The first-order valence-corrected chi connectivity index (χ1v) is 9.77. The maximum atomic E-state index is 10.6. The SMILES string of the molecule is C=CC1(c2cccc(Cl)c2Cl)OC(C2CCCCC2)c2c(O)cncc21. The second kappa shape index (κ2) is 6.88. The summed E-state index contributed by atoms with van der Waals surface area (Å²) in [7, 11) is 0. The Balaban J connectivity index is 1.91. The van der Waals surface area contributed by atoms with Crippen LogP contribution in [0, 0.1) is 5.92 Å². The maximum absolute atomic E-state index is 10.6. The smallest absolute Gasteiger partial charge is 0.140 e. The van der Waals surface area contributed by atoms with Crippen molar-refractivity contribution in [2.75, 3.05) is 0 Å². The molecule has 1 aliphatic carbocycles. The van der Waals surface area contributed by atoms with Crippen molar-refractivity contribution in [2.45, 2.75) is 43.8 Å². The highest BCUT2D eigenvalue weighted by Gasteiger charge is 2.49. The first-order valence-electron chi connectivity index (χ1n) is 9.01. The Morgan fingerprint density at radius 2 is 1.92 bits per heavy atom. The molecule has 0 amide bonds. The van der Waals surface area contributed by atoms with E-state index in [2.05, 4.69) is 11.6 Å². The Morgan fingerprint density at radius 3 is 2.65 bits per heavy atom. The summed E-state index contributed by atoms with van der Waals surface area (Å²) in [5, 5.41) is 11.5. The molecule has 26 heavy (non-hydrogen) atoms. The number of ether oxygens (including phenoxy) is 1. The van der Waals surface area contributed by atoms with Crippen LogP contribution >= 0.6 is 23.2 Å². The molecule has 2 aliphatic rings. The fraction of sp³-hybridized carbons (Fsp3) is 0.381. The summed E-state index contributed by atoms with van der Waals surface area (Å²) >= 11 is 12.8. The largest absolute Gasteiger partial charge is 0.506 e. The highest BCUT2D eigenvalue weighted by atomic mass is 35.5. The van der Waals surface area contributed by atoms with Gasteiger partial charge in [-0.3, -0.25) is 4.98 Å². The molecule has 2 aromatic rings. The van der Waals surface area contributed by atoms with Crippen molar-refractivity contribution in [3.8, 4) is 5.75 Å². The summed E-state index contributed by atoms with van der Waals surface area (Å²) in [6, 6.07) is 5.49. The Bertz CT molecular complexity index is 848. The maximum Gasteiger partial charge on any atom is 0.140 e. The molecule has 1 fully saturated rings. The normalized spacial score (nSPS) is 25.8. The zero-order valence-electron chi connectivity index (χ0n) is 14.4. The van der Waals surface area contributed by atoms with Gasteiger partial charge in [0.2, 0.25) is 0 Å². The molecule has 4 rings (SSSR count). The van der Waals surface area contributed by atoms with Crippen molar-refractivity contribution < 1.29 is 9.84 Å². The number of hydrogen-bond donors (Lipinski definition) is 1. The van der Waals surface area contributed by atoms with Crippen LogP contribution in [0.2, 0.25) is 10.0 Å². The highest BCUT2D eigenvalue weighted by molar-refractivity contribution is 6.42. The first-order chi connectivity index (χ1) is 12.6. The lowest BCUT2D eigenvalue weighted by molar-refractivity contribution is -0.0550. The van der Waals surface area contributed by atoms with Crippen molar-refractivity contribution in [3.05, 3.63) is 70.0 Å². The summed E-state index contributed by atoms with van der Waals surface area (Å²) in [6.07, 6.45) is 10.6. The molecule has 0 spiro atoms. The van der Waals surface area contributed by atoms with Crippen LogP contribution in [0.15, 0.2) is 43.2 Å². The van der Waals surface area contributed by atoms with E-state index in [4.69, 9.17) is 27.9 Å². The van der Waals surface area contributed by atoms with Crippen molar-refractivity contribution >= 4 is 23.2 Å². The van der Waals surface area contributed by atoms with Crippen LogP contribution in [0.5, 0.6) is 5.75 Å². The third-order valence-electron chi connectivity index (χ3n) is 5.68. The summed E-state index contributed by atoms with van der Waals surface area (Å²) < 4.78 is 6.65. The van der Waals surface area contributed by atoms with E-state index in [1.807, 2.05) is 12.1 Å². The predicted molar refractivity (Wildman–Crippen MR) is 104 cm³/mol. The second-order valence-electron chi connectivity index (χ2n) is 7.10. The number of aromatic nitrogens is 1. The Morgan fingerprint density at radius 1 is 1.15 bits per heavy atom. The topological polar surface area (TPSA) is 42.4 Å². The van der Waals surface area contributed by atoms with E-state index in [-0.39, 0.29) is 11.9 Å². The average Bonchev–Trinajstić information content (AvgIpc) is 3.02.